The second-order valence-electron chi connectivity index (χ2n) is 6.59. The van der Waals surface area contributed by atoms with Gasteiger partial charge in [0, 0.05) is 12.3 Å². The number of hydrogen-bond acceptors (Lipinski definition) is 4. The fourth-order valence-electron chi connectivity index (χ4n) is 3.08. The van der Waals surface area contributed by atoms with Crippen molar-refractivity contribution >= 4 is 29.3 Å². The highest BCUT2D eigenvalue weighted by atomic mass is 32.2. The summed E-state index contributed by atoms with van der Waals surface area (Å²) in [7, 11) is 0. The van der Waals surface area contributed by atoms with E-state index in [2.05, 4.69) is 10.6 Å². The molecule has 1 heterocycles. The third-order valence-electron chi connectivity index (χ3n) is 4.48. The number of amides is 2. The van der Waals surface area contributed by atoms with E-state index in [0.29, 0.717) is 5.56 Å². The summed E-state index contributed by atoms with van der Waals surface area (Å²) < 4.78 is 52.4. The van der Waals surface area contributed by atoms with Crippen LogP contribution in [0.1, 0.15) is 23.5 Å². The molecule has 0 spiro atoms. The SMILES string of the molecule is N#CC1=C(SCC(=O)Nc2ccccc2C(F)(F)F)NC(=O)C[C@@H]1c1ccc(F)cc1. The van der Waals surface area contributed by atoms with Gasteiger partial charge in [0.05, 0.1) is 33.7 Å². The highest BCUT2D eigenvalue weighted by molar-refractivity contribution is 8.03. The molecule has 0 bridgehead atoms. The Labute approximate surface area is 179 Å². The van der Waals surface area contributed by atoms with Gasteiger partial charge in [-0.05, 0) is 29.8 Å². The molecule has 0 radical (unpaired) electrons. The second kappa shape index (κ2) is 9.22. The number of halogens is 4. The third-order valence-corrected chi connectivity index (χ3v) is 5.50. The van der Waals surface area contributed by atoms with E-state index >= 15 is 0 Å². The molecule has 5 nitrogen and oxygen atoms in total. The Morgan fingerprint density at radius 3 is 2.52 bits per heavy atom. The van der Waals surface area contributed by atoms with E-state index in [1.807, 2.05) is 6.07 Å². The van der Waals surface area contributed by atoms with Crippen molar-refractivity contribution in [1.29, 1.82) is 5.26 Å². The number of carbonyl (C=O) groups excluding carboxylic acids is 2. The molecule has 2 amide bonds. The summed E-state index contributed by atoms with van der Waals surface area (Å²) in [5, 5.41) is 14.5. The fraction of sp³-hybridized carbons (Fsp3) is 0.190. The van der Waals surface area contributed by atoms with Gasteiger partial charge in [-0.3, -0.25) is 9.59 Å². The number of carbonyl (C=O) groups is 2. The van der Waals surface area contributed by atoms with Crippen molar-refractivity contribution in [3.8, 4) is 6.07 Å². The van der Waals surface area contributed by atoms with Gasteiger partial charge in [0.1, 0.15) is 5.82 Å². The number of para-hydroxylation sites is 1. The maximum atomic E-state index is 13.2. The van der Waals surface area contributed by atoms with Gasteiger partial charge in [-0.2, -0.15) is 18.4 Å². The number of nitriles is 1. The third kappa shape index (κ3) is 5.44. The molecular weight excluding hydrogens is 434 g/mol. The predicted octanol–water partition coefficient (Wildman–Crippen LogP) is 4.56. The molecule has 31 heavy (non-hydrogen) atoms. The van der Waals surface area contributed by atoms with E-state index in [-0.39, 0.29) is 28.5 Å². The monoisotopic (exact) mass is 449 g/mol. The summed E-state index contributed by atoms with van der Waals surface area (Å²) in [6.07, 6.45) is -4.66. The van der Waals surface area contributed by atoms with Crippen LogP contribution in [0.3, 0.4) is 0 Å². The zero-order valence-electron chi connectivity index (χ0n) is 15.8. The first-order valence-electron chi connectivity index (χ1n) is 8.97. The van der Waals surface area contributed by atoms with Gasteiger partial charge in [0.2, 0.25) is 11.8 Å². The van der Waals surface area contributed by atoms with Crippen molar-refractivity contribution in [1.82, 2.24) is 5.32 Å². The average Bonchev–Trinajstić information content (AvgIpc) is 2.72. The lowest BCUT2D eigenvalue weighted by Gasteiger charge is -2.25. The minimum Gasteiger partial charge on any atom is -0.325 e. The zero-order chi connectivity index (χ0) is 22.6. The molecule has 2 aromatic rings. The summed E-state index contributed by atoms with van der Waals surface area (Å²) in [6.45, 7) is 0. The van der Waals surface area contributed by atoms with Crippen molar-refractivity contribution in [3.63, 3.8) is 0 Å². The van der Waals surface area contributed by atoms with E-state index < -0.39 is 35.3 Å². The maximum absolute atomic E-state index is 13.2. The number of nitrogens with zero attached hydrogens (tertiary/aromatic N) is 1. The molecule has 2 N–H and O–H groups in total. The van der Waals surface area contributed by atoms with Gasteiger partial charge in [-0.1, -0.05) is 36.0 Å². The topological polar surface area (TPSA) is 82.0 Å². The van der Waals surface area contributed by atoms with Crippen molar-refractivity contribution in [2.75, 3.05) is 11.1 Å². The van der Waals surface area contributed by atoms with Gasteiger partial charge in [-0.25, -0.2) is 4.39 Å². The highest BCUT2D eigenvalue weighted by Crippen LogP contribution is 2.37. The van der Waals surface area contributed by atoms with Crippen LogP contribution in [-0.2, 0) is 15.8 Å². The van der Waals surface area contributed by atoms with Crippen LogP contribution in [0.2, 0.25) is 0 Å². The average molecular weight is 449 g/mol. The minimum absolute atomic E-state index is 0.0241. The molecule has 0 fully saturated rings. The van der Waals surface area contributed by atoms with Crippen LogP contribution < -0.4 is 10.6 Å². The molecule has 160 valence electrons. The fourth-order valence-corrected chi connectivity index (χ4v) is 3.95. The Morgan fingerprint density at radius 1 is 1.19 bits per heavy atom. The van der Waals surface area contributed by atoms with Crippen molar-refractivity contribution in [2.45, 2.75) is 18.5 Å². The molecule has 0 aromatic heterocycles. The predicted molar refractivity (Wildman–Crippen MR) is 107 cm³/mol. The summed E-state index contributed by atoms with van der Waals surface area (Å²) in [5.74, 6) is -2.53. The lowest BCUT2D eigenvalue weighted by Crippen LogP contribution is -2.31. The normalized spacial score (nSPS) is 16.5. The van der Waals surface area contributed by atoms with Gasteiger partial charge in [0.15, 0.2) is 0 Å². The summed E-state index contributed by atoms with van der Waals surface area (Å²) in [5.41, 5.74) is -0.603. The summed E-state index contributed by atoms with van der Waals surface area (Å²) in [4.78, 5) is 24.3. The second-order valence-corrected chi connectivity index (χ2v) is 7.58. The smallest absolute Gasteiger partial charge is 0.325 e. The van der Waals surface area contributed by atoms with Crippen LogP contribution in [-0.4, -0.2) is 17.6 Å². The Morgan fingerprint density at radius 2 is 1.87 bits per heavy atom. The molecule has 0 aliphatic carbocycles. The first-order valence-corrected chi connectivity index (χ1v) is 9.96. The Bertz CT molecular complexity index is 1080. The molecule has 0 saturated heterocycles. The van der Waals surface area contributed by atoms with Crippen LogP contribution in [0.15, 0.2) is 59.1 Å². The molecular formula is C21H15F4N3O2S. The van der Waals surface area contributed by atoms with E-state index in [9.17, 15) is 32.4 Å². The van der Waals surface area contributed by atoms with E-state index in [1.165, 1.54) is 36.4 Å². The van der Waals surface area contributed by atoms with Crippen LogP contribution in [0, 0.1) is 17.1 Å². The highest BCUT2D eigenvalue weighted by Gasteiger charge is 2.34. The van der Waals surface area contributed by atoms with Crippen LogP contribution in [0.25, 0.3) is 0 Å². The number of allylic oxidation sites excluding steroid dienone is 1. The number of alkyl halides is 3. The Kier molecular flexibility index (Phi) is 6.65. The van der Waals surface area contributed by atoms with Gasteiger partial charge < -0.3 is 10.6 Å². The van der Waals surface area contributed by atoms with Crippen LogP contribution in [0.5, 0.6) is 0 Å². The summed E-state index contributed by atoms with van der Waals surface area (Å²) >= 11 is 0.834. The first-order chi connectivity index (χ1) is 14.7. The Hall–Kier alpha value is -3.32. The van der Waals surface area contributed by atoms with Crippen molar-refractivity contribution < 1.29 is 27.2 Å². The largest absolute Gasteiger partial charge is 0.418 e. The number of rotatable bonds is 5. The van der Waals surface area contributed by atoms with Crippen molar-refractivity contribution in [2.24, 2.45) is 0 Å². The first kappa shape index (κ1) is 22.4. The lowest BCUT2D eigenvalue weighted by molar-refractivity contribution is -0.137. The molecule has 1 atom stereocenters. The quantitative estimate of drug-likeness (QED) is 0.656. The molecule has 2 aromatic carbocycles. The Balaban J connectivity index is 1.77. The lowest BCUT2D eigenvalue weighted by atomic mass is 9.87. The summed E-state index contributed by atoms with van der Waals surface area (Å²) in [6, 6.07) is 12.0. The van der Waals surface area contributed by atoms with Gasteiger partial charge >= 0.3 is 6.18 Å². The molecule has 10 heteroatoms. The van der Waals surface area contributed by atoms with E-state index in [0.717, 1.165) is 23.9 Å². The molecule has 1 aliphatic rings. The maximum Gasteiger partial charge on any atom is 0.418 e. The molecule has 3 rings (SSSR count). The number of hydrogen-bond donors (Lipinski definition) is 2. The van der Waals surface area contributed by atoms with Crippen LogP contribution in [0.4, 0.5) is 23.2 Å². The number of thioether (sulfide) groups is 1. The van der Waals surface area contributed by atoms with E-state index in [4.69, 9.17) is 0 Å². The molecule has 0 saturated carbocycles. The number of anilines is 1. The number of nitrogens with one attached hydrogen (secondary N) is 2. The zero-order valence-corrected chi connectivity index (χ0v) is 16.6. The standard InChI is InChI=1S/C21H15F4N3O2S/c22-13-7-5-12(6-8-13)14-9-18(29)28-20(15(14)10-26)31-11-19(30)27-17-4-2-1-3-16(17)21(23,24)25/h1-8,14H,9,11H2,(H,27,30)(H,28,29)/t14-/m1/s1. The van der Waals surface area contributed by atoms with Gasteiger partial charge in [-0.15, -0.1) is 0 Å². The molecule has 1 aliphatic heterocycles. The van der Waals surface area contributed by atoms with E-state index in [1.54, 1.807) is 0 Å². The van der Waals surface area contributed by atoms with Crippen LogP contribution >= 0.6 is 11.8 Å². The molecule has 0 unspecified atom stereocenters. The van der Waals surface area contributed by atoms with Gasteiger partial charge in [0.25, 0.3) is 0 Å². The van der Waals surface area contributed by atoms with Crippen molar-refractivity contribution in [3.05, 3.63) is 76.1 Å². The minimum atomic E-state index is -4.63. The number of benzene rings is 2.